The van der Waals surface area contributed by atoms with Crippen LogP contribution < -0.4 is 5.32 Å². The summed E-state index contributed by atoms with van der Waals surface area (Å²) in [5.74, 6) is 0.352. The molecule has 2 aliphatic rings. The monoisotopic (exact) mass is 393 g/mol. The summed E-state index contributed by atoms with van der Waals surface area (Å²) in [5.41, 5.74) is 2.73. The molecule has 2 aromatic rings. The Hall–Kier alpha value is -1.86. The predicted molar refractivity (Wildman–Crippen MR) is 101 cm³/mol. The van der Waals surface area contributed by atoms with Crippen LogP contribution >= 0.6 is 11.6 Å². The van der Waals surface area contributed by atoms with Crippen molar-refractivity contribution < 1.29 is 13.2 Å². The number of hydrogen-bond donors (Lipinski definition) is 1. The molecule has 1 unspecified atom stereocenters. The second-order valence-electron chi connectivity index (χ2n) is 7.10. The molecule has 2 heterocycles. The van der Waals surface area contributed by atoms with E-state index in [9.17, 15) is 13.2 Å². The zero-order chi connectivity index (χ0) is 18.5. The van der Waals surface area contributed by atoms with Crippen LogP contribution in [0.1, 0.15) is 53.0 Å². The van der Waals surface area contributed by atoms with E-state index in [0.717, 1.165) is 24.1 Å². The topological polar surface area (TPSA) is 81.1 Å². The van der Waals surface area contributed by atoms with Crippen molar-refractivity contribution in [2.75, 3.05) is 16.8 Å². The second kappa shape index (κ2) is 6.39. The summed E-state index contributed by atoms with van der Waals surface area (Å²) in [6.07, 6.45) is 2.66. The van der Waals surface area contributed by atoms with Crippen molar-refractivity contribution in [1.29, 1.82) is 0 Å². The van der Waals surface area contributed by atoms with E-state index in [4.69, 9.17) is 11.6 Å². The van der Waals surface area contributed by atoms with Gasteiger partial charge in [-0.15, -0.1) is 0 Å². The molecule has 1 aliphatic carbocycles. The minimum absolute atomic E-state index is 0.100. The van der Waals surface area contributed by atoms with Gasteiger partial charge in [0.2, 0.25) is 0 Å². The van der Waals surface area contributed by atoms with Crippen LogP contribution in [0.2, 0.25) is 5.02 Å². The average Bonchev–Trinajstić information content (AvgIpc) is 3.23. The smallest absolute Gasteiger partial charge is 0.276 e. The van der Waals surface area contributed by atoms with Gasteiger partial charge in [-0.05, 0) is 49.9 Å². The summed E-state index contributed by atoms with van der Waals surface area (Å²) in [4.78, 5) is 12.7. The molecule has 1 atom stereocenters. The lowest BCUT2D eigenvalue weighted by molar-refractivity contribution is 0.102. The Morgan fingerprint density at radius 1 is 1.31 bits per heavy atom. The Morgan fingerprint density at radius 3 is 2.73 bits per heavy atom. The zero-order valence-electron chi connectivity index (χ0n) is 14.4. The molecule has 0 radical (unpaired) electrons. The maximum Gasteiger partial charge on any atom is 0.276 e. The molecule has 1 aliphatic heterocycles. The lowest BCUT2D eigenvalue weighted by Crippen LogP contribution is -2.17. The number of anilines is 1. The lowest BCUT2D eigenvalue weighted by Gasteiger charge is -2.12. The first-order chi connectivity index (χ1) is 12.3. The second-order valence-corrected chi connectivity index (χ2v) is 9.73. The Morgan fingerprint density at radius 2 is 2.08 bits per heavy atom. The van der Waals surface area contributed by atoms with Crippen molar-refractivity contribution in [1.82, 2.24) is 9.78 Å². The summed E-state index contributed by atoms with van der Waals surface area (Å²) in [7, 11) is -3.01. The van der Waals surface area contributed by atoms with Gasteiger partial charge in [-0.1, -0.05) is 17.7 Å². The molecule has 2 fully saturated rings. The summed E-state index contributed by atoms with van der Waals surface area (Å²) in [6, 6.07) is 6.97. The zero-order valence-corrected chi connectivity index (χ0v) is 16.0. The molecule has 1 N–H and O–H groups in total. The number of nitrogens with one attached hydrogen (secondary N) is 1. The van der Waals surface area contributed by atoms with Crippen LogP contribution in [0.5, 0.6) is 0 Å². The first-order valence-electron chi connectivity index (χ1n) is 8.70. The number of halogens is 1. The molecule has 1 amide bonds. The third-order valence-corrected chi connectivity index (χ3v) is 7.22. The molecular formula is C18H20ClN3O3S. The third-order valence-electron chi connectivity index (χ3n) is 5.06. The van der Waals surface area contributed by atoms with E-state index in [-0.39, 0.29) is 23.5 Å². The van der Waals surface area contributed by atoms with Crippen LogP contribution in [-0.4, -0.2) is 35.6 Å². The molecular weight excluding hydrogens is 374 g/mol. The molecule has 0 spiro atoms. The fraction of sp³-hybridized carbons (Fsp3) is 0.444. The Balaban J connectivity index is 1.62. The number of benzene rings is 1. The van der Waals surface area contributed by atoms with Crippen LogP contribution in [0.3, 0.4) is 0 Å². The summed E-state index contributed by atoms with van der Waals surface area (Å²) >= 11 is 6.11. The molecule has 1 saturated carbocycles. The number of sulfone groups is 1. The van der Waals surface area contributed by atoms with E-state index in [1.807, 2.05) is 6.92 Å². The highest BCUT2D eigenvalue weighted by molar-refractivity contribution is 7.91. The summed E-state index contributed by atoms with van der Waals surface area (Å²) < 4.78 is 25.4. The maximum atomic E-state index is 12.7. The van der Waals surface area contributed by atoms with Gasteiger partial charge in [-0.2, -0.15) is 5.10 Å². The number of rotatable bonds is 4. The maximum absolute atomic E-state index is 12.7. The molecule has 6 nitrogen and oxygen atoms in total. The van der Waals surface area contributed by atoms with Crippen molar-refractivity contribution in [2.24, 2.45) is 0 Å². The minimum atomic E-state index is -3.01. The van der Waals surface area contributed by atoms with E-state index >= 15 is 0 Å². The first kappa shape index (κ1) is 17.5. The van der Waals surface area contributed by atoms with Crippen molar-refractivity contribution in [3.05, 3.63) is 46.2 Å². The van der Waals surface area contributed by atoms with Gasteiger partial charge >= 0.3 is 0 Å². The molecule has 4 rings (SSSR count). The number of amides is 1. The quantitative estimate of drug-likeness (QED) is 0.863. The fourth-order valence-electron chi connectivity index (χ4n) is 3.39. The molecule has 8 heteroatoms. The molecule has 1 aromatic carbocycles. The van der Waals surface area contributed by atoms with E-state index in [1.165, 1.54) is 0 Å². The van der Waals surface area contributed by atoms with Crippen molar-refractivity contribution in [3.8, 4) is 0 Å². The van der Waals surface area contributed by atoms with Gasteiger partial charge in [0.1, 0.15) is 0 Å². The number of hydrogen-bond acceptors (Lipinski definition) is 4. The van der Waals surface area contributed by atoms with Crippen molar-refractivity contribution in [3.63, 3.8) is 0 Å². The van der Waals surface area contributed by atoms with E-state index in [1.54, 1.807) is 28.9 Å². The summed E-state index contributed by atoms with van der Waals surface area (Å²) in [5, 5.41) is 7.92. The largest absolute Gasteiger partial charge is 0.320 e. The van der Waals surface area contributed by atoms with Crippen molar-refractivity contribution >= 4 is 33.0 Å². The van der Waals surface area contributed by atoms with Crippen LogP contribution in [0, 0.1) is 6.92 Å². The third kappa shape index (κ3) is 3.38. The SMILES string of the molecule is Cc1c(Cl)cccc1NC(=O)c1cc(C2CC2)n(C2CCS(=O)(=O)C2)n1. The summed E-state index contributed by atoms with van der Waals surface area (Å²) in [6.45, 7) is 1.84. The van der Waals surface area contributed by atoms with Crippen LogP contribution in [0.25, 0.3) is 0 Å². The predicted octanol–water partition coefficient (Wildman–Crippen LogP) is 3.33. The van der Waals surface area contributed by atoms with Gasteiger partial charge in [0.05, 0.1) is 17.5 Å². The number of aromatic nitrogens is 2. The van der Waals surface area contributed by atoms with Gasteiger partial charge in [-0.3, -0.25) is 9.48 Å². The van der Waals surface area contributed by atoms with Gasteiger partial charge in [0.25, 0.3) is 5.91 Å². The van der Waals surface area contributed by atoms with E-state index in [0.29, 0.717) is 28.7 Å². The van der Waals surface area contributed by atoms with Gasteiger partial charge in [0, 0.05) is 22.3 Å². The normalized spacial score (nSPS) is 21.7. The highest BCUT2D eigenvalue weighted by atomic mass is 35.5. The number of nitrogens with zero attached hydrogens (tertiary/aromatic N) is 2. The lowest BCUT2D eigenvalue weighted by atomic mass is 10.2. The average molecular weight is 394 g/mol. The number of carbonyl (C=O) groups is 1. The van der Waals surface area contributed by atoms with Gasteiger partial charge < -0.3 is 5.32 Å². The van der Waals surface area contributed by atoms with Gasteiger partial charge in [0.15, 0.2) is 15.5 Å². The molecule has 0 bridgehead atoms. The standard InChI is InChI=1S/C18H20ClN3O3S/c1-11-14(19)3-2-4-15(11)20-18(23)16-9-17(12-5-6-12)22(21-16)13-7-8-26(24,25)10-13/h2-4,9,12-13H,5-8,10H2,1H3,(H,20,23). The Bertz CT molecular complexity index is 980. The van der Waals surface area contributed by atoms with Crippen molar-refractivity contribution in [2.45, 2.75) is 38.1 Å². The molecule has 1 aromatic heterocycles. The van der Waals surface area contributed by atoms with Crippen LogP contribution in [-0.2, 0) is 9.84 Å². The van der Waals surface area contributed by atoms with Gasteiger partial charge in [-0.25, -0.2) is 8.42 Å². The Labute approximate surface area is 157 Å². The minimum Gasteiger partial charge on any atom is -0.320 e. The van der Waals surface area contributed by atoms with E-state index < -0.39 is 9.84 Å². The molecule has 1 saturated heterocycles. The molecule has 138 valence electrons. The van der Waals surface area contributed by atoms with E-state index in [2.05, 4.69) is 10.4 Å². The Kier molecular flexibility index (Phi) is 4.31. The highest BCUT2D eigenvalue weighted by Crippen LogP contribution is 2.42. The molecule has 26 heavy (non-hydrogen) atoms. The highest BCUT2D eigenvalue weighted by Gasteiger charge is 2.36. The first-order valence-corrected chi connectivity index (χ1v) is 10.9. The fourth-order valence-corrected chi connectivity index (χ4v) is 5.26. The number of carbonyl (C=O) groups excluding carboxylic acids is 1. The van der Waals surface area contributed by atoms with Crippen LogP contribution in [0.4, 0.5) is 5.69 Å². The van der Waals surface area contributed by atoms with Crippen LogP contribution in [0.15, 0.2) is 24.3 Å².